The minimum Gasteiger partial charge on any atom is -0.296 e. The zero-order valence-electron chi connectivity index (χ0n) is 15.4. The molecule has 28 heavy (non-hydrogen) atoms. The maximum absolute atomic E-state index is 12.7. The fourth-order valence-corrected chi connectivity index (χ4v) is 4.92. The molecular formula is C19H20N4O3S2. The van der Waals surface area contributed by atoms with Crippen molar-refractivity contribution in [2.24, 2.45) is 0 Å². The lowest BCUT2D eigenvalue weighted by Gasteiger charge is -2.18. The summed E-state index contributed by atoms with van der Waals surface area (Å²) in [7, 11) is -3.87. The Morgan fingerprint density at radius 2 is 1.75 bits per heavy atom. The third kappa shape index (κ3) is 4.61. The van der Waals surface area contributed by atoms with Crippen molar-refractivity contribution in [2.75, 3.05) is 5.32 Å². The van der Waals surface area contributed by atoms with Crippen LogP contribution >= 0.6 is 11.3 Å². The SMILES string of the molecule is CC[C@H](NS(=O)(=O)c1nnc(NC(=O)c2ccccc2)s1)c1ccccc1C. The van der Waals surface area contributed by atoms with Crippen LogP contribution in [0.15, 0.2) is 58.9 Å². The molecule has 0 aliphatic carbocycles. The number of aryl methyl sites for hydroxylation is 1. The van der Waals surface area contributed by atoms with Gasteiger partial charge in [0.15, 0.2) is 0 Å². The fraction of sp³-hybridized carbons (Fsp3) is 0.211. The first-order valence-electron chi connectivity index (χ1n) is 8.68. The number of hydrogen-bond donors (Lipinski definition) is 2. The van der Waals surface area contributed by atoms with Crippen molar-refractivity contribution in [3.05, 3.63) is 71.3 Å². The number of nitrogens with one attached hydrogen (secondary N) is 2. The van der Waals surface area contributed by atoms with Gasteiger partial charge in [-0.05, 0) is 36.6 Å². The number of sulfonamides is 1. The summed E-state index contributed by atoms with van der Waals surface area (Å²) in [6.07, 6.45) is 0.584. The number of hydrogen-bond acceptors (Lipinski definition) is 6. The van der Waals surface area contributed by atoms with Crippen LogP contribution < -0.4 is 10.0 Å². The highest BCUT2D eigenvalue weighted by molar-refractivity contribution is 7.91. The highest BCUT2D eigenvalue weighted by Gasteiger charge is 2.25. The zero-order chi connectivity index (χ0) is 20.1. The number of carbonyl (C=O) groups excluding carboxylic acids is 1. The minimum absolute atomic E-state index is 0.123. The van der Waals surface area contributed by atoms with Gasteiger partial charge < -0.3 is 0 Å². The van der Waals surface area contributed by atoms with Gasteiger partial charge in [-0.25, -0.2) is 13.1 Å². The predicted octanol–water partition coefficient (Wildman–Crippen LogP) is 3.53. The predicted molar refractivity (Wildman–Crippen MR) is 109 cm³/mol. The molecule has 2 aromatic carbocycles. The van der Waals surface area contributed by atoms with Crippen molar-refractivity contribution in [1.29, 1.82) is 0 Å². The van der Waals surface area contributed by atoms with Gasteiger partial charge in [0.05, 0.1) is 0 Å². The van der Waals surface area contributed by atoms with Crippen LogP contribution in [0.3, 0.4) is 0 Å². The smallest absolute Gasteiger partial charge is 0.270 e. The van der Waals surface area contributed by atoms with Crippen LogP contribution in [0.4, 0.5) is 5.13 Å². The maximum Gasteiger partial charge on any atom is 0.270 e. The molecule has 0 radical (unpaired) electrons. The zero-order valence-corrected chi connectivity index (χ0v) is 17.0. The minimum atomic E-state index is -3.87. The first-order chi connectivity index (χ1) is 13.4. The van der Waals surface area contributed by atoms with Crippen LogP contribution in [0.25, 0.3) is 0 Å². The van der Waals surface area contributed by atoms with Gasteiger partial charge in [0.1, 0.15) is 0 Å². The number of anilines is 1. The summed E-state index contributed by atoms with van der Waals surface area (Å²) in [4.78, 5) is 12.2. The normalized spacial score (nSPS) is 12.5. The third-order valence-corrected chi connectivity index (χ3v) is 6.84. The lowest BCUT2D eigenvalue weighted by Crippen LogP contribution is -2.28. The third-order valence-electron chi connectivity index (χ3n) is 4.16. The molecule has 1 amide bonds. The Labute approximate surface area is 167 Å². The number of amides is 1. The average molecular weight is 417 g/mol. The van der Waals surface area contributed by atoms with E-state index in [1.54, 1.807) is 30.3 Å². The molecule has 0 aliphatic rings. The van der Waals surface area contributed by atoms with Crippen molar-refractivity contribution >= 4 is 32.4 Å². The van der Waals surface area contributed by atoms with E-state index in [4.69, 9.17) is 0 Å². The van der Waals surface area contributed by atoms with E-state index in [0.717, 1.165) is 22.5 Å². The first kappa shape index (κ1) is 20.1. The van der Waals surface area contributed by atoms with E-state index in [0.29, 0.717) is 12.0 Å². The number of carbonyl (C=O) groups is 1. The molecule has 1 atom stereocenters. The lowest BCUT2D eigenvalue weighted by molar-refractivity contribution is 0.102. The Morgan fingerprint density at radius 1 is 1.07 bits per heavy atom. The summed E-state index contributed by atoms with van der Waals surface area (Å²) in [6, 6.07) is 15.8. The van der Waals surface area contributed by atoms with Crippen LogP contribution in [-0.2, 0) is 10.0 Å². The average Bonchev–Trinajstić information content (AvgIpc) is 3.17. The van der Waals surface area contributed by atoms with Crippen LogP contribution in [0.5, 0.6) is 0 Å². The van der Waals surface area contributed by atoms with E-state index < -0.39 is 10.0 Å². The second-order valence-corrected chi connectivity index (χ2v) is 9.00. The van der Waals surface area contributed by atoms with Gasteiger partial charge in [-0.3, -0.25) is 10.1 Å². The van der Waals surface area contributed by atoms with E-state index in [1.165, 1.54) is 0 Å². The van der Waals surface area contributed by atoms with Crippen molar-refractivity contribution in [1.82, 2.24) is 14.9 Å². The molecule has 0 saturated carbocycles. The van der Waals surface area contributed by atoms with Crippen LogP contribution in [0.1, 0.15) is 40.9 Å². The molecule has 1 aromatic heterocycles. The summed E-state index contributed by atoms with van der Waals surface area (Å²) in [5.74, 6) is -0.375. The van der Waals surface area contributed by atoms with E-state index in [9.17, 15) is 13.2 Å². The van der Waals surface area contributed by atoms with Crippen molar-refractivity contribution < 1.29 is 13.2 Å². The fourth-order valence-electron chi connectivity index (χ4n) is 2.71. The summed E-state index contributed by atoms with van der Waals surface area (Å²) in [5.41, 5.74) is 2.37. The molecular weight excluding hydrogens is 396 g/mol. The maximum atomic E-state index is 12.7. The lowest BCUT2D eigenvalue weighted by atomic mass is 10.0. The number of nitrogens with zero attached hydrogens (tertiary/aromatic N) is 2. The Bertz CT molecular complexity index is 1070. The van der Waals surface area contributed by atoms with Crippen molar-refractivity contribution in [3.63, 3.8) is 0 Å². The first-order valence-corrected chi connectivity index (χ1v) is 11.0. The van der Waals surface area contributed by atoms with Crippen LogP contribution in [0, 0.1) is 6.92 Å². The molecule has 3 aromatic rings. The molecule has 146 valence electrons. The highest BCUT2D eigenvalue weighted by Crippen LogP contribution is 2.25. The van der Waals surface area contributed by atoms with Crippen LogP contribution in [-0.4, -0.2) is 24.5 Å². The molecule has 0 spiro atoms. The van der Waals surface area contributed by atoms with Crippen molar-refractivity contribution in [2.45, 2.75) is 30.6 Å². The molecule has 9 heteroatoms. The Balaban J connectivity index is 1.76. The molecule has 2 N–H and O–H groups in total. The van der Waals surface area contributed by atoms with Crippen molar-refractivity contribution in [3.8, 4) is 0 Å². The molecule has 0 fully saturated rings. The molecule has 7 nitrogen and oxygen atoms in total. The highest BCUT2D eigenvalue weighted by atomic mass is 32.2. The van der Waals surface area contributed by atoms with E-state index in [2.05, 4.69) is 20.2 Å². The van der Waals surface area contributed by atoms with E-state index >= 15 is 0 Å². The summed E-state index contributed by atoms with van der Waals surface area (Å²) in [6.45, 7) is 3.85. The second kappa shape index (κ2) is 8.59. The molecule has 0 unspecified atom stereocenters. The summed E-state index contributed by atoms with van der Waals surface area (Å²) < 4.78 is 28.0. The van der Waals surface area contributed by atoms with E-state index in [1.807, 2.05) is 38.1 Å². The summed E-state index contributed by atoms with van der Waals surface area (Å²) in [5, 5.41) is 10.2. The standard InChI is InChI=1S/C19H20N4O3S2/c1-3-16(15-12-8-7-9-13(15)2)23-28(25,26)19-22-21-18(27-19)20-17(24)14-10-5-4-6-11-14/h4-12,16,23H,3H2,1-2H3,(H,20,21,24)/t16-/m0/s1. The van der Waals surface area contributed by atoms with Gasteiger partial charge in [-0.1, -0.05) is 60.7 Å². The molecule has 3 rings (SSSR count). The van der Waals surface area contributed by atoms with Gasteiger partial charge in [-0.15, -0.1) is 10.2 Å². The second-order valence-electron chi connectivity index (χ2n) is 6.13. The summed E-state index contributed by atoms with van der Waals surface area (Å²) >= 11 is 0.810. The van der Waals surface area contributed by atoms with Gasteiger partial charge >= 0.3 is 0 Å². The topological polar surface area (TPSA) is 101 Å². The number of benzene rings is 2. The Morgan fingerprint density at radius 3 is 2.43 bits per heavy atom. The van der Waals surface area contributed by atoms with Gasteiger partial charge in [0.2, 0.25) is 9.47 Å². The largest absolute Gasteiger partial charge is 0.296 e. The van der Waals surface area contributed by atoms with Gasteiger partial charge in [0, 0.05) is 11.6 Å². The van der Waals surface area contributed by atoms with Gasteiger partial charge in [-0.2, -0.15) is 0 Å². The van der Waals surface area contributed by atoms with Crippen LogP contribution in [0.2, 0.25) is 0 Å². The Kier molecular flexibility index (Phi) is 6.18. The number of aromatic nitrogens is 2. The quantitative estimate of drug-likeness (QED) is 0.574. The van der Waals surface area contributed by atoms with Gasteiger partial charge in [0.25, 0.3) is 15.9 Å². The number of rotatable bonds is 7. The monoisotopic (exact) mass is 416 g/mol. The molecule has 0 saturated heterocycles. The van der Waals surface area contributed by atoms with E-state index in [-0.39, 0.29) is 21.4 Å². The molecule has 0 aliphatic heterocycles. The Hall–Kier alpha value is -2.62. The molecule has 0 bridgehead atoms. The molecule has 1 heterocycles.